The van der Waals surface area contributed by atoms with Gasteiger partial charge in [0, 0.05) is 0 Å². The molecule has 2 atom stereocenters. The molecular weight excluding hydrogens is 156 g/mol. The third kappa shape index (κ3) is 0.551. The molecule has 2 aliphatic carbocycles. The minimum Gasteiger partial charge on any atom is -0.393 e. The Hall–Kier alpha value is -0.860. The molecule has 3 rings (SSSR count). The number of cyclic esters (lactones) is 2. The van der Waals surface area contributed by atoms with E-state index in [0.29, 0.717) is 0 Å². The monoisotopic (exact) mass is 166 g/mol. The van der Waals surface area contributed by atoms with Crippen LogP contribution in [0.5, 0.6) is 0 Å². The maximum Gasteiger partial charge on any atom is 0.317 e. The van der Waals surface area contributed by atoms with E-state index < -0.39 is 0 Å². The van der Waals surface area contributed by atoms with Crippen molar-refractivity contribution < 1.29 is 14.3 Å². The summed E-state index contributed by atoms with van der Waals surface area (Å²) in [5.41, 5.74) is 0.0758. The Labute approximate surface area is 70.1 Å². The van der Waals surface area contributed by atoms with Crippen LogP contribution in [0.25, 0.3) is 0 Å². The van der Waals surface area contributed by atoms with Crippen LogP contribution >= 0.6 is 0 Å². The van der Waals surface area contributed by atoms with Gasteiger partial charge in [-0.3, -0.25) is 9.59 Å². The highest BCUT2D eigenvalue weighted by Crippen LogP contribution is 2.66. The molecule has 12 heavy (non-hydrogen) atoms. The van der Waals surface area contributed by atoms with Gasteiger partial charge < -0.3 is 4.74 Å². The van der Waals surface area contributed by atoms with Crippen molar-refractivity contribution in [1.82, 2.24) is 0 Å². The maximum absolute atomic E-state index is 11.3. The van der Waals surface area contributed by atoms with Crippen molar-refractivity contribution in [2.75, 3.05) is 0 Å². The zero-order valence-corrected chi connectivity index (χ0v) is 6.71. The number of carbonyl (C=O) groups excluding carboxylic acids is 2. The zero-order chi connectivity index (χ0) is 8.34. The second-order valence-electron chi connectivity index (χ2n) is 4.16. The number of hydrogen-bond acceptors (Lipinski definition) is 3. The second-order valence-corrected chi connectivity index (χ2v) is 4.16. The molecule has 0 aromatic heterocycles. The van der Waals surface area contributed by atoms with Crippen molar-refractivity contribution in [3.05, 3.63) is 0 Å². The average molecular weight is 166 g/mol. The van der Waals surface area contributed by atoms with Gasteiger partial charge in [-0.05, 0) is 31.1 Å². The highest BCUT2D eigenvalue weighted by atomic mass is 16.6. The Morgan fingerprint density at radius 3 is 2.00 bits per heavy atom. The lowest BCUT2D eigenvalue weighted by molar-refractivity contribution is -0.173. The van der Waals surface area contributed by atoms with Crippen molar-refractivity contribution in [2.24, 2.45) is 17.3 Å². The molecule has 64 valence electrons. The Morgan fingerprint density at radius 1 is 1.08 bits per heavy atom. The fraction of sp³-hybridized carbons (Fsp3) is 0.778. The van der Waals surface area contributed by atoms with Gasteiger partial charge in [0.15, 0.2) is 0 Å². The summed E-state index contributed by atoms with van der Waals surface area (Å²) in [6.45, 7) is 0. The minimum atomic E-state index is -0.258. The fourth-order valence-corrected chi connectivity index (χ4v) is 2.94. The van der Waals surface area contributed by atoms with Crippen molar-refractivity contribution >= 4 is 11.9 Å². The van der Waals surface area contributed by atoms with Crippen LogP contribution in [0.2, 0.25) is 0 Å². The van der Waals surface area contributed by atoms with Crippen molar-refractivity contribution in [2.45, 2.75) is 25.7 Å². The maximum atomic E-state index is 11.3. The summed E-state index contributed by atoms with van der Waals surface area (Å²) in [5.74, 6) is -0.405. The average Bonchev–Trinajstić information content (AvgIpc) is 2.63. The summed E-state index contributed by atoms with van der Waals surface area (Å²) in [5, 5.41) is 0. The Kier molecular flexibility index (Phi) is 0.955. The Morgan fingerprint density at radius 2 is 1.58 bits per heavy atom. The third-order valence-electron chi connectivity index (χ3n) is 3.73. The molecule has 3 aliphatic rings. The van der Waals surface area contributed by atoms with E-state index in [2.05, 4.69) is 4.74 Å². The summed E-state index contributed by atoms with van der Waals surface area (Å²) in [4.78, 5) is 22.5. The zero-order valence-electron chi connectivity index (χ0n) is 6.71. The number of rotatable bonds is 0. The predicted octanol–water partition coefficient (Wildman–Crippen LogP) is 0.876. The van der Waals surface area contributed by atoms with E-state index in [1.807, 2.05) is 0 Å². The first kappa shape index (κ1) is 6.63. The highest BCUT2D eigenvalue weighted by molar-refractivity contribution is 5.94. The quantitative estimate of drug-likeness (QED) is 0.396. The standard InChI is InChI=1S/C9H10O3/c10-7-5-1-2-6(8(11)12-7)9(5)3-4-9/h5-6H,1-4H2/t5-,6-/m1/s1. The molecule has 3 heteroatoms. The first-order valence-corrected chi connectivity index (χ1v) is 4.49. The van der Waals surface area contributed by atoms with Crippen molar-refractivity contribution in [1.29, 1.82) is 0 Å². The van der Waals surface area contributed by atoms with Crippen LogP contribution in [-0.4, -0.2) is 11.9 Å². The summed E-state index contributed by atoms with van der Waals surface area (Å²) in [6, 6.07) is 0. The predicted molar refractivity (Wildman–Crippen MR) is 39.0 cm³/mol. The van der Waals surface area contributed by atoms with E-state index in [9.17, 15) is 9.59 Å². The summed E-state index contributed by atoms with van der Waals surface area (Å²) < 4.78 is 4.67. The van der Waals surface area contributed by atoms with Crippen LogP contribution in [0, 0.1) is 17.3 Å². The summed E-state index contributed by atoms with van der Waals surface area (Å²) >= 11 is 0. The van der Waals surface area contributed by atoms with Crippen LogP contribution in [0.3, 0.4) is 0 Å². The molecule has 0 radical (unpaired) electrons. The number of esters is 2. The number of hydrogen-bond donors (Lipinski definition) is 0. The van der Waals surface area contributed by atoms with Gasteiger partial charge in [-0.25, -0.2) is 0 Å². The molecule has 2 bridgehead atoms. The first-order chi connectivity index (χ1) is 5.74. The van der Waals surface area contributed by atoms with Gasteiger partial charge >= 0.3 is 11.9 Å². The van der Waals surface area contributed by atoms with Gasteiger partial charge in [0.1, 0.15) is 0 Å². The second kappa shape index (κ2) is 1.73. The normalized spacial score (nSPS) is 41.7. The molecule has 0 aromatic rings. The molecule has 1 aliphatic heterocycles. The molecular formula is C9H10O3. The molecule has 3 fully saturated rings. The van der Waals surface area contributed by atoms with Gasteiger partial charge in [0.05, 0.1) is 11.8 Å². The number of carbonyl (C=O) groups is 2. The minimum absolute atomic E-state index is 0.0557. The van der Waals surface area contributed by atoms with Crippen molar-refractivity contribution in [3.63, 3.8) is 0 Å². The molecule has 0 amide bonds. The van der Waals surface area contributed by atoms with Gasteiger partial charge in [-0.2, -0.15) is 0 Å². The van der Waals surface area contributed by atoms with E-state index in [-0.39, 0.29) is 29.2 Å². The van der Waals surface area contributed by atoms with Crippen molar-refractivity contribution in [3.8, 4) is 0 Å². The van der Waals surface area contributed by atoms with Crippen LogP contribution in [0.15, 0.2) is 0 Å². The van der Waals surface area contributed by atoms with Gasteiger partial charge in [0.25, 0.3) is 0 Å². The van der Waals surface area contributed by atoms with E-state index in [1.54, 1.807) is 0 Å². The van der Waals surface area contributed by atoms with E-state index in [4.69, 9.17) is 0 Å². The van der Waals surface area contributed by atoms with Crippen LogP contribution in [0.4, 0.5) is 0 Å². The van der Waals surface area contributed by atoms with Crippen LogP contribution < -0.4 is 0 Å². The summed E-state index contributed by atoms with van der Waals surface area (Å²) in [7, 11) is 0. The SMILES string of the molecule is O=C1OC(=O)[C@H]2CC[C@H]1C21CC1. The number of ether oxygens (including phenoxy) is 1. The smallest absolute Gasteiger partial charge is 0.317 e. The lowest BCUT2D eigenvalue weighted by Crippen LogP contribution is -2.38. The largest absolute Gasteiger partial charge is 0.393 e. The molecule has 2 saturated carbocycles. The molecule has 1 saturated heterocycles. The van der Waals surface area contributed by atoms with Crippen LogP contribution in [-0.2, 0) is 14.3 Å². The molecule has 1 heterocycles. The van der Waals surface area contributed by atoms with Crippen LogP contribution in [0.1, 0.15) is 25.7 Å². The van der Waals surface area contributed by atoms with E-state index in [1.165, 1.54) is 0 Å². The van der Waals surface area contributed by atoms with Gasteiger partial charge in [-0.1, -0.05) is 0 Å². The molecule has 3 nitrogen and oxygen atoms in total. The molecule has 0 unspecified atom stereocenters. The summed E-state index contributed by atoms with van der Waals surface area (Å²) in [6.07, 6.45) is 3.86. The molecule has 1 spiro atoms. The lowest BCUT2D eigenvalue weighted by atomic mass is 9.84. The van der Waals surface area contributed by atoms with E-state index in [0.717, 1.165) is 25.7 Å². The van der Waals surface area contributed by atoms with E-state index >= 15 is 0 Å². The van der Waals surface area contributed by atoms with Gasteiger partial charge in [0.2, 0.25) is 0 Å². The molecule has 0 N–H and O–H groups in total. The Balaban J connectivity index is 2.07. The third-order valence-corrected chi connectivity index (χ3v) is 3.73. The van der Waals surface area contributed by atoms with Gasteiger partial charge in [-0.15, -0.1) is 0 Å². The molecule has 0 aromatic carbocycles. The Bertz CT molecular complexity index is 253. The lowest BCUT2D eigenvalue weighted by Gasteiger charge is -2.26. The fourth-order valence-electron chi connectivity index (χ4n) is 2.94. The topological polar surface area (TPSA) is 43.4 Å². The highest BCUT2D eigenvalue weighted by Gasteiger charge is 2.66. The first-order valence-electron chi connectivity index (χ1n) is 4.49.